The quantitative estimate of drug-likeness (QED) is 0.717. The van der Waals surface area contributed by atoms with E-state index < -0.39 is 11.7 Å². The molecule has 1 heterocycles. The molecule has 3 rings (SSSR count). The van der Waals surface area contributed by atoms with Crippen LogP contribution in [0.1, 0.15) is 23.6 Å². The minimum atomic E-state index is -4.63. The maximum absolute atomic E-state index is 14.2. The maximum atomic E-state index is 14.2. The van der Waals surface area contributed by atoms with E-state index in [1.165, 1.54) is 25.1 Å². The summed E-state index contributed by atoms with van der Waals surface area (Å²) in [4.78, 5) is 3.96. The Morgan fingerprint density at radius 3 is 2.31 bits per heavy atom. The van der Waals surface area contributed by atoms with Gasteiger partial charge in [-0.25, -0.2) is 4.99 Å². The maximum Gasteiger partial charge on any atom is 0.421 e. The van der Waals surface area contributed by atoms with Gasteiger partial charge in [0.15, 0.2) is 0 Å². The Balaban J connectivity index is 2.23. The zero-order valence-electron chi connectivity index (χ0n) is 14.2. The molecule has 0 amide bonds. The second-order valence-corrected chi connectivity index (χ2v) is 6.66. The van der Waals surface area contributed by atoms with Gasteiger partial charge in [-0.3, -0.25) is 0 Å². The fourth-order valence-electron chi connectivity index (χ4n) is 2.92. The Hall–Kier alpha value is -2.47. The number of anilines is 1. The summed E-state index contributed by atoms with van der Waals surface area (Å²) in [6.07, 6.45) is -3.52. The number of rotatable bonds is 2. The average molecular weight is 380 g/mol. The largest absolute Gasteiger partial charge is 0.421 e. The van der Waals surface area contributed by atoms with Crippen molar-refractivity contribution in [2.24, 2.45) is 4.99 Å². The van der Waals surface area contributed by atoms with Crippen molar-refractivity contribution in [1.29, 1.82) is 0 Å². The van der Waals surface area contributed by atoms with Crippen molar-refractivity contribution in [1.82, 2.24) is 5.32 Å². The van der Waals surface area contributed by atoms with Crippen LogP contribution in [0.25, 0.3) is 5.70 Å². The first kappa shape index (κ1) is 18.3. The number of aliphatic imine (C=N–C) groups is 1. The smallest absolute Gasteiger partial charge is 0.399 e. The minimum absolute atomic E-state index is 0.0176. The molecule has 0 saturated heterocycles. The molecule has 0 radical (unpaired) electrons. The van der Waals surface area contributed by atoms with E-state index in [1.54, 1.807) is 31.2 Å². The highest BCUT2D eigenvalue weighted by atomic mass is 35.5. The van der Waals surface area contributed by atoms with Gasteiger partial charge in [0.05, 0.1) is 5.84 Å². The number of amidine groups is 1. The third-order valence-electron chi connectivity index (χ3n) is 4.31. The molecule has 0 aliphatic carbocycles. The van der Waals surface area contributed by atoms with Crippen molar-refractivity contribution < 1.29 is 13.2 Å². The highest BCUT2D eigenvalue weighted by Crippen LogP contribution is 2.47. The molecule has 136 valence electrons. The molecule has 3 N–H and O–H groups in total. The van der Waals surface area contributed by atoms with Gasteiger partial charge in [0.25, 0.3) is 0 Å². The van der Waals surface area contributed by atoms with Crippen LogP contribution in [0.5, 0.6) is 0 Å². The first-order chi connectivity index (χ1) is 12.1. The lowest BCUT2D eigenvalue weighted by molar-refractivity contribution is -0.174. The standard InChI is InChI=1S/C19H17ClF3N3/c1-11-9-14(5-8-16(11)24)18(19(21,22)23)10-17(25-12(2)26-18)13-3-6-15(20)7-4-13/h3-10H,24H2,1-2H3,(H,25,26). The van der Waals surface area contributed by atoms with Gasteiger partial charge in [-0.2, -0.15) is 13.2 Å². The first-order valence-corrected chi connectivity index (χ1v) is 8.26. The molecule has 1 atom stereocenters. The van der Waals surface area contributed by atoms with Gasteiger partial charge in [-0.05, 0) is 54.8 Å². The second kappa shape index (κ2) is 6.36. The molecule has 3 nitrogen and oxygen atoms in total. The number of hydrogen-bond acceptors (Lipinski definition) is 3. The van der Waals surface area contributed by atoms with Crippen LogP contribution < -0.4 is 11.1 Å². The number of nitrogens with zero attached hydrogens (tertiary/aromatic N) is 1. The van der Waals surface area contributed by atoms with E-state index in [1.807, 2.05) is 0 Å². The highest BCUT2D eigenvalue weighted by molar-refractivity contribution is 6.30. The number of alkyl halides is 3. The molecule has 0 saturated carbocycles. The second-order valence-electron chi connectivity index (χ2n) is 6.22. The normalized spacial score (nSPS) is 20.2. The topological polar surface area (TPSA) is 50.4 Å². The molecule has 0 fully saturated rings. The van der Waals surface area contributed by atoms with Gasteiger partial charge in [0.2, 0.25) is 5.54 Å². The lowest BCUT2D eigenvalue weighted by atomic mass is 9.85. The Bertz CT molecular complexity index is 901. The van der Waals surface area contributed by atoms with Gasteiger partial charge in [-0.15, -0.1) is 0 Å². The first-order valence-electron chi connectivity index (χ1n) is 7.88. The van der Waals surface area contributed by atoms with Crippen LogP contribution in [0, 0.1) is 6.92 Å². The number of halogens is 4. The summed E-state index contributed by atoms with van der Waals surface area (Å²) < 4.78 is 42.6. The molecule has 2 aromatic rings. The lowest BCUT2D eigenvalue weighted by Gasteiger charge is -2.35. The number of hydrogen-bond donors (Lipinski definition) is 2. The molecular formula is C19H17ClF3N3. The Morgan fingerprint density at radius 2 is 1.73 bits per heavy atom. The monoisotopic (exact) mass is 379 g/mol. The molecule has 0 bridgehead atoms. The summed E-state index contributed by atoms with van der Waals surface area (Å²) >= 11 is 5.88. The van der Waals surface area contributed by atoms with E-state index in [0.29, 0.717) is 27.5 Å². The van der Waals surface area contributed by atoms with Gasteiger partial charge < -0.3 is 11.1 Å². The fourth-order valence-corrected chi connectivity index (χ4v) is 3.05. The number of nitrogen functional groups attached to an aromatic ring is 1. The number of nitrogens with two attached hydrogens (primary N) is 1. The number of aryl methyl sites for hydroxylation is 1. The third-order valence-corrected chi connectivity index (χ3v) is 4.56. The van der Waals surface area contributed by atoms with Crippen molar-refractivity contribution >= 4 is 28.8 Å². The summed E-state index contributed by atoms with van der Waals surface area (Å²) in [7, 11) is 0. The molecule has 1 aliphatic rings. The molecule has 26 heavy (non-hydrogen) atoms. The number of nitrogens with one attached hydrogen (secondary N) is 1. The molecule has 7 heteroatoms. The van der Waals surface area contributed by atoms with E-state index in [9.17, 15) is 13.2 Å². The van der Waals surface area contributed by atoms with Crippen LogP contribution in [0.15, 0.2) is 53.5 Å². The van der Waals surface area contributed by atoms with E-state index in [-0.39, 0.29) is 11.4 Å². The Kier molecular flexibility index (Phi) is 4.48. The van der Waals surface area contributed by atoms with Crippen LogP contribution in [-0.4, -0.2) is 12.0 Å². The van der Waals surface area contributed by atoms with E-state index in [2.05, 4.69) is 10.3 Å². The zero-order chi connectivity index (χ0) is 19.1. The van der Waals surface area contributed by atoms with Crippen LogP contribution >= 0.6 is 11.6 Å². The highest BCUT2D eigenvalue weighted by Gasteiger charge is 2.56. The summed E-state index contributed by atoms with van der Waals surface area (Å²) in [5, 5.41) is 3.42. The summed E-state index contributed by atoms with van der Waals surface area (Å²) in [5.74, 6) is 0.171. The number of benzene rings is 2. The van der Waals surface area contributed by atoms with Crippen molar-refractivity contribution in [2.75, 3.05) is 5.73 Å². The molecular weight excluding hydrogens is 363 g/mol. The van der Waals surface area contributed by atoms with Gasteiger partial charge in [-0.1, -0.05) is 35.9 Å². The SMILES string of the molecule is CC1=NC(c2ccc(N)c(C)c2)(C(F)(F)F)C=C(c2ccc(Cl)cc2)N1. The Labute approximate surface area is 154 Å². The van der Waals surface area contributed by atoms with Crippen LogP contribution in [0.2, 0.25) is 5.02 Å². The van der Waals surface area contributed by atoms with E-state index >= 15 is 0 Å². The van der Waals surface area contributed by atoms with Gasteiger partial charge >= 0.3 is 6.18 Å². The fraction of sp³-hybridized carbons (Fsp3) is 0.211. The summed E-state index contributed by atoms with van der Waals surface area (Å²) in [6.45, 7) is 3.18. The van der Waals surface area contributed by atoms with Crippen LogP contribution in [0.3, 0.4) is 0 Å². The zero-order valence-corrected chi connectivity index (χ0v) is 14.9. The predicted octanol–water partition coefficient (Wildman–Crippen LogP) is 5.05. The van der Waals surface area contributed by atoms with E-state index in [0.717, 1.165) is 6.08 Å². The van der Waals surface area contributed by atoms with Crippen LogP contribution in [-0.2, 0) is 5.54 Å². The van der Waals surface area contributed by atoms with Crippen molar-refractivity contribution in [2.45, 2.75) is 25.6 Å². The minimum Gasteiger partial charge on any atom is -0.399 e. The molecule has 1 unspecified atom stereocenters. The Morgan fingerprint density at radius 1 is 1.08 bits per heavy atom. The summed E-state index contributed by atoms with van der Waals surface area (Å²) in [5.41, 5.74) is 5.21. The predicted molar refractivity (Wildman–Crippen MR) is 99.0 cm³/mol. The van der Waals surface area contributed by atoms with E-state index in [4.69, 9.17) is 17.3 Å². The molecule has 0 aromatic heterocycles. The molecule has 1 aliphatic heterocycles. The third kappa shape index (κ3) is 3.17. The van der Waals surface area contributed by atoms with Crippen molar-refractivity contribution in [3.63, 3.8) is 0 Å². The van der Waals surface area contributed by atoms with Crippen molar-refractivity contribution in [3.8, 4) is 0 Å². The molecule has 0 spiro atoms. The van der Waals surface area contributed by atoms with Crippen LogP contribution in [0.4, 0.5) is 18.9 Å². The van der Waals surface area contributed by atoms with Gasteiger partial charge in [0.1, 0.15) is 0 Å². The van der Waals surface area contributed by atoms with Crippen molar-refractivity contribution in [3.05, 3.63) is 70.3 Å². The van der Waals surface area contributed by atoms with Gasteiger partial charge in [0, 0.05) is 16.4 Å². The lowest BCUT2D eigenvalue weighted by Crippen LogP contribution is -2.44. The average Bonchev–Trinajstić information content (AvgIpc) is 2.56. The molecule has 2 aromatic carbocycles. The summed E-state index contributed by atoms with van der Waals surface area (Å²) in [6, 6.07) is 10.9.